The van der Waals surface area contributed by atoms with Gasteiger partial charge in [-0.05, 0) is 73.5 Å². The zero-order chi connectivity index (χ0) is 22.8. The lowest BCUT2D eigenvalue weighted by Crippen LogP contribution is -2.74. The molecule has 1 spiro atoms. The van der Waals surface area contributed by atoms with E-state index in [1.54, 1.807) is 6.07 Å². The molecule has 3 heterocycles. The lowest BCUT2D eigenvalue weighted by molar-refractivity contribution is -0.173. The molecule has 2 aromatic carbocycles. The number of aromatic hydroxyl groups is 1. The van der Waals surface area contributed by atoms with Crippen molar-refractivity contribution < 1.29 is 14.9 Å². The standard InChI is InChI=1S/C27H28N4O3/c28-13-29-16-4-5-19-17(10-16)18-11-27(33)21-9-15-3-6-20(32)24-22(15)26(27,25(34-24)23(18)30-19)7-8-31(21)12-14-1-2-14/h3-6,10,13-14,21,25,30,32-33H,1-2,7-9,11-12H2,(H2,28,29). The number of aromatic nitrogens is 1. The number of ether oxygens (including phenoxy) is 1. The Morgan fingerprint density at radius 2 is 2.15 bits per heavy atom. The molecule has 1 saturated carbocycles. The molecule has 3 aliphatic carbocycles. The Kier molecular flexibility index (Phi) is 3.49. The maximum atomic E-state index is 12.8. The van der Waals surface area contributed by atoms with Crippen LogP contribution in [0, 0.1) is 5.92 Å². The summed E-state index contributed by atoms with van der Waals surface area (Å²) in [5.74, 6) is 1.49. The minimum Gasteiger partial charge on any atom is -0.504 e. The summed E-state index contributed by atoms with van der Waals surface area (Å²) in [5, 5.41) is 24.7. The lowest BCUT2D eigenvalue weighted by atomic mass is 9.49. The number of likely N-dealkylation sites (tertiary alicyclic amines) is 1. The molecule has 4 unspecified atom stereocenters. The van der Waals surface area contributed by atoms with Gasteiger partial charge in [0.2, 0.25) is 0 Å². The number of aromatic amines is 1. The molecule has 2 fully saturated rings. The average molecular weight is 457 g/mol. The molecule has 2 bridgehead atoms. The number of nitrogens with zero attached hydrogens (tertiary/aromatic N) is 2. The Balaban J connectivity index is 1.39. The van der Waals surface area contributed by atoms with Gasteiger partial charge in [-0.2, -0.15) is 0 Å². The van der Waals surface area contributed by atoms with Crippen LogP contribution in [0.4, 0.5) is 5.69 Å². The fourth-order valence-corrected chi connectivity index (χ4v) is 7.78. The van der Waals surface area contributed by atoms with Crippen LogP contribution in [0.15, 0.2) is 35.3 Å². The first-order valence-corrected chi connectivity index (χ1v) is 12.4. The summed E-state index contributed by atoms with van der Waals surface area (Å²) in [6.07, 6.45) is 5.70. The van der Waals surface area contributed by atoms with Crippen LogP contribution in [0.1, 0.15) is 47.8 Å². The Morgan fingerprint density at radius 1 is 1.26 bits per heavy atom. The molecule has 0 radical (unpaired) electrons. The molecule has 174 valence electrons. The van der Waals surface area contributed by atoms with Crippen LogP contribution in [0.2, 0.25) is 0 Å². The minimum atomic E-state index is -0.980. The molecule has 1 aromatic heterocycles. The van der Waals surface area contributed by atoms with E-state index < -0.39 is 11.0 Å². The molecule has 3 aromatic rings. The second kappa shape index (κ2) is 6.15. The van der Waals surface area contributed by atoms with Gasteiger partial charge in [-0.25, -0.2) is 4.99 Å². The monoisotopic (exact) mass is 456 g/mol. The van der Waals surface area contributed by atoms with E-state index in [0.717, 1.165) is 65.3 Å². The SMILES string of the molecule is NC=Nc1ccc2[nH]c3c(c2c1)CC1(O)C2Cc4ccc(O)c5c4C1(CCN2CC1CC1)C3O5. The van der Waals surface area contributed by atoms with Gasteiger partial charge in [0.05, 0.1) is 28.7 Å². The van der Waals surface area contributed by atoms with E-state index in [-0.39, 0.29) is 17.9 Å². The number of nitrogens with two attached hydrogens (primary N) is 1. The number of fused-ring (bicyclic) bond motifs is 4. The van der Waals surface area contributed by atoms with Gasteiger partial charge in [0.1, 0.15) is 0 Å². The molecular weight excluding hydrogens is 428 g/mol. The quantitative estimate of drug-likeness (QED) is 0.358. The number of nitrogens with one attached hydrogen (secondary N) is 1. The summed E-state index contributed by atoms with van der Waals surface area (Å²) < 4.78 is 6.63. The summed E-state index contributed by atoms with van der Waals surface area (Å²) in [6.45, 7) is 2.01. The Bertz CT molecular complexity index is 1410. The molecule has 4 atom stereocenters. The van der Waals surface area contributed by atoms with E-state index in [0.29, 0.717) is 12.2 Å². The highest BCUT2D eigenvalue weighted by molar-refractivity contribution is 5.89. The summed E-state index contributed by atoms with van der Waals surface area (Å²) in [6, 6.07) is 9.85. The lowest BCUT2D eigenvalue weighted by Gasteiger charge is -2.62. The van der Waals surface area contributed by atoms with Crippen molar-refractivity contribution in [2.24, 2.45) is 16.6 Å². The molecule has 34 heavy (non-hydrogen) atoms. The van der Waals surface area contributed by atoms with E-state index in [1.807, 2.05) is 24.3 Å². The second-order valence-electron chi connectivity index (χ2n) is 11.0. The van der Waals surface area contributed by atoms with Gasteiger partial charge in [-0.1, -0.05) is 6.07 Å². The Morgan fingerprint density at radius 3 is 2.97 bits per heavy atom. The van der Waals surface area contributed by atoms with Gasteiger partial charge < -0.3 is 25.7 Å². The molecule has 0 amide bonds. The first kappa shape index (κ1) is 19.3. The Labute approximate surface area is 197 Å². The van der Waals surface area contributed by atoms with Gasteiger partial charge in [-0.3, -0.25) is 4.90 Å². The maximum absolute atomic E-state index is 12.8. The van der Waals surface area contributed by atoms with Crippen molar-refractivity contribution in [2.45, 2.75) is 55.3 Å². The van der Waals surface area contributed by atoms with Gasteiger partial charge >= 0.3 is 0 Å². The first-order valence-electron chi connectivity index (χ1n) is 12.4. The van der Waals surface area contributed by atoms with E-state index >= 15 is 0 Å². The minimum absolute atomic E-state index is 0.0271. The molecule has 7 heteroatoms. The molecule has 2 aliphatic heterocycles. The zero-order valence-corrected chi connectivity index (χ0v) is 18.9. The van der Waals surface area contributed by atoms with E-state index in [2.05, 4.69) is 14.9 Å². The third-order valence-corrected chi connectivity index (χ3v) is 9.37. The summed E-state index contributed by atoms with van der Waals surface area (Å²) >= 11 is 0. The number of phenols is 1. The van der Waals surface area contributed by atoms with Crippen molar-refractivity contribution in [1.82, 2.24) is 9.88 Å². The first-order chi connectivity index (χ1) is 16.5. The fraction of sp³-hybridized carbons (Fsp3) is 0.444. The zero-order valence-electron chi connectivity index (χ0n) is 18.9. The Hall–Kier alpha value is -3.03. The molecule has 7 nitrogen and oxygen atoms in total. The molecular formula is C27H28N4O3. The number of piperidine rings is 1. The van der Waals surface area contributed by atoms with Crippen LogP contribution < -0.4 is 10.5 Å². The average Bonchev–Trinajstić information content (AvgIpc) is 3.46. The van der Waals surface area contributed by atoms with E-state index in [4.69, 9.17) is 10.5 Å². The predicted molar refractivity (Wildman–Crippen MR) is 129 cm³/mol. The predicted octanol–water partition coefficient (Wildman–Crippen LogP) is 3.19. The third kappa shape index (κ3) is 2.14. The van der Waals surface area contributed by atoms with Crippen LogP contribution in [-0.2, 0) is 18.3 Å². The topological polar surface area (TPSA) is 107 Å². The van der Waals surface area contributed by atoms with Gasteiger partial charge in [0, 0.05) is 35.5 Å². The van der Waals surface area contributed by atoms with Crippen LogP contribution in [0.25, 0.3) is 10.9 Å². The van der Waals surface area contributed by atoms with E-state index in [1.165, 1.54) is 24.7 Å². The second-order valence-corrected chi connectivity index (χ2v) is 11.0. The number of H-pyrrole nitrogens is 1. The summed E-state index contributed by atoms with van der Waals surface area (Å²) in [7, 11) is 0. The van der Waals surface area contributed by atoms with Gasteiger partial charge in [0.15, 0.2) is 17.6 Å². The maximum Gasteiger partial charge on any atom is 0.166 e. The van der Waals surface area contributed by atoms with Gasteiger partial charge in [0.25, 0.3) is 0 Å². The van der Waals surface area contributed by atoms with Crippen molar-refractivity contribution >= 4 is 22.9 Å². The summed E-state index contributed by atoms with van der Waals surface area (Å²) in [4.78, 5) is 10.5. The van der Waals surface area contributed by atoms with Crippen LogP contribution in [0.5, 0.6) is 11.5 Å². The van der Waals surface area contributed by atoms with Gasteiger partial charge in [-0.15, -0.1) is 0 Å². The molecule has 1 saturated heterocycles. The highest BCUT2D eigenvalue weighted by atomic mass is 16.5. The van der Waals surface area contributed by atoms with E-state index in [9.17, 15) is 10.2 Å². The largest absolute Gasteiger partial charge is 0.504 e. The van der Waals surface area contributed by atoms with Crippen molar-refractivity contribution in [1.29, 1.82) is 0 Å². The number of phenolic OH excluding ortho intramolecular Hbond substituents is 1. The number of aliphatic imine (C=N–C) groups is 1. The number of rotatable bonds is 3. The number of benzene rings is 2. The molecule has 5 N–H and O–H groups in total. The highest BCUT2D eigenvalue weighted by Gasteiger charge is 2.72. The molecule has 8 rings (SSSR count). The number of hydrogen-bond donors (Lipinski definition) is 4. The molecule has 5 aliphatic rings. The van der Waals surface area contributed by atoms with Crippen molar-refractivity contribution in [3.63, 3.8) is 0 Å². The van der Waals surface area contributed by atoms with Crippen LogP contribution in [0.3, 0.4) is 0 Å². The third-order valence-electron chi connectivity index (χ3n) is 9.37. The highest BCUT2D eigenvalue weighted by Crippen LogP contribution is 2.69. The van der Waals surface area contributed by atoms with Crippen molar-refractivity contribution in [3.8, 4) is 11.5 Å². The van der Waals surface area contributed by atoms with Crippen molar-refractivity contribution in [3.05, 3.63) is 52.7 Å². The summed E-state index contributed by atoms with van der Waals surface area (Å²) in [5.41, 5.74) is 10.2. The smallest absolute Gasteiger partial charge is 0.166 e. The van der Waals surface area contributed by atoms with Crippen molar-refractivity contribution in [2.75, 3.05) is 13.1 Å². The normalized spacial score (nSPS) is 33.2. The number of hydrogen-bond acceptors (Lipinski definition) is 5. The van der Waals surface area contributed by atoms with Crippen LogP contribution in [-0.4, -0.2) is 51.2 Å². The fourth-order valence-electron chi connectivity index (χ4n) is 7.78. The van der Waals surface area contributed by atoms with Crippen LogP contribution >= 0.6 is 0 Å². The number of aliphatic hydroxyl groups is 1.